The smallest absolute Gasteiger partial charge is 0.191 e. The van der Waals surface area contributed by atoms with Crippen LogP contribution in [0.3, 0.4) is 0 Å². The highest BCUT2D eigenvalue weighted by molar-refractivity contribution is 7.98. The Morgan fingerprint density at radius 3 is 2.80 bits per heavy atom. The van der Waals surface area contributed by atoms with Crippen LogP contribution in [0.1, 0.15) is 12.8 Å². The van der Waals surface area contributed by atoms with Gasteiger partial charge in [-0.1, -0.05) is 11.8 Å². The molecule has 7 heteroatoms. The van der Waals surface area contributed by atoms with E-state index in [1.165, 1.54) is 0 Å². The van der Waals surface area contributed by atoms with Gasteiger partial charge in [-0.05, 0) is 19.1 Å². The van der Waals surface area contributed by atoms with Gasteiger partial charge in [0.25, 0.3) is 0 Å². The maximum atomic E-state index is 8.78. The number of aromatic nitrogens is 2. The molecule has 1 aromatic heterocycles. The fraction of sp³-hybridized carbons (Fsp3) is 0.692. The van der Waals surface area contributed by atoms with E-state index in [1.54, 1.807) is 11.8 Å². The first-order valence-corrected chi connectivity index (χ1v) is 8.07. The van der Waals surface area contributed by atoms with Crippen molar-refractivity contribution in [2.24, 2.45) is 0 Å². The lowest BCUT2D eigenvalue weighted by molar-refractivity contribution is 0.0158. The molecular weight excluding hydrogens is 276 g/mol. The number of hydrogen-bond donors (Lipinski definition) is 2. The molecule has 0 saturated carbocycles. The number of ether oxygens (including phenoxy) is 1. The molecule has 0 unspecified atom stereocenters. The molecule has 6 nitrogen and oxygen atoms in total. The summed E-state index contributed by atoms with van der Waals surface area (Å²) >= 11 is 1.55. The van der Waals surface area contributed by atoms with Crippen molar-refractivity contribution in [2.75, 3.05) is 49.8 Å². The quantitative estimate of drug-likeness (QED) is 0.604. The average molecular weight is 298 g/mol. The van der Waals surface area contributed by atoms with Crippen LogP contribution in [0.5, 0.6) is 0 Å². The molecule has 20 heavy (non-hydrogen) atoms. The van der Waals surface area contributed by atoms with Crippen LogP contribution in [-0.2, 0) is 4.74 Å². The van der Waals surface area contributed by atoms with Gasteiger partial charge < -0.3 is 20.1 Å². The third-order valence-electron chi connectivity index (χ3n) is 3.34. The van der Waals surface area contributed by atoms with Gasteiger partial charge in [0.05, 0.1) is 19.3 Å². The van der Waals surface area contributed by atoms with Crippen LogP contribution in [0.15, 0.2) is 11.2 Å². The minimum absolute atomic E-state index is 0.0920. The Bertz CT molecular complexity index is 403. The minimum Gasteiger partial charge on any atom is -0.394 e. The van der Waals surface area contributed by atoms with Gasteiger partial charge in [-0.3, -0.25) is 0 Å². The molecule has 1 saturated heterocycles. The van der Waals surface area contributed by atoms with Gasteiger partial charge in [0.1, 0.15) is 11.6 Å². The summed E-state index contributed by atoms with van der Waals surface area (Å²) in [5, 5.41) is 12.6. The standard InChI is InChI=1S/C13H22N4O2S/c1-14-11-9-12(16-13(15-11)20-2)17-5-3-10(4-6-17)19-8-7-18/h9-10,18H,3-8H2,1-2H3,(H,14,15,16). The molecule has 1 aliphatic heterocycles. The van der Waals surface area contributed by atoms with E-state index in [4.69, 9.17) is 9.84 Å². The summed E-state index contributed by atoms with van der Waals surface area (Å²) in [6, 6.07) is 1.98. The molecule has 0 aromatic carbocycles. The van der Waals surface area contributed by atoms with Gasteiger partial charge in [0, 0.05) is 26.2 Å². The first kappa shape index (κ1) is 15.3. The Labute approximate surface area is 123 Å². The molecule has 2 heterocycles. The lowest BCUT2D eigenvalue weighted by atomic mass is 10.1. The van der Waals surface area contributed by atoms with Gasteiger partial charge in [-0.2, -0.15) is 0 Å². The SMILES string of the molecule is CNc1cc(N2CCC(OCCO)CC2)nc(SC)n1. The summed E-state index contributed by atoms with van der Waals surface area (Å²) in [6.07, 6.45) is 4.16. The number of nitrogens with zero attached hydrogens (tertiary/aromatic N) is 3. The van der Waals surface area contributed by atoms with E-state index >= 15 is 0 Å². The maximum absolute atomic E-state index is 8.78. The number of piperidine rings is 1. The molecule has 2 N–H and O–H groups in total. The Morgan fingerprint density at radius 2 is 2.20 bits per heavy atom. The molecule has 1 fully saturated rings. The third-order valence-corrected chi connectivity index (χ3v) is 3.89. The van der Waals surface area contributed by atoms with Crippen molar-refractivity contribution in [3.8, 4) is 0 Å². The number of hydrogen-bond acceptors (Lipinski definition) is 7. The maximum Gasteiger partial charge on any atom is 0.191 e. The summed E-state index contributed by atoms with van der Waals surface area (Å²) in [6.45, 7) is 2.36. The Morgan fingerprint density at radius 1 is 1.45 bits per heavy atom. The number of rotatable bonds is 6. The molecule has 0 aliphatic carbocycles. The van der Waals surface area contributed by atoms with E-state index in [0.29, 0.717) is 6.61 Å². The average Bonchev–Trinajstić information content (AvgIpc) is 2.52. The summed E-state index contributed by atoms with van der Waals surface area (Å²) in [7, 11) is 1.87. The van der Waals surface area contributed by atoms with Crippen LogP contribution in [0, 0.1) is 0 Å². The zero-order valence-corrected chi connectivity index (χ0v) is 12.8. The van der Waals surface area contributed by atoms with Crippen LogP contribution in [-0.4, -0.2) is 60.8 Å². The Balaban J connectivity index is 1.99. The van der Waals surface area contributed by atoms with Crippen molar-refractivity contribution in [1.82, 2.24) is 9.97 Å². The summed E-state index contributed by atoms with van der Waals surface area (Å²) < 4.78 is 5.58. The van der Waals surface area contributed by atoms with Crippen molar-refractivity contribution in [3.05, 3.63) is 6.07 Å². The molecule has 1 aliphatic rings. The zero-order valence-electron chi connectivity index (χ0n) is 12.0. The van der Waals surface area contributed by atoms with Crippen LogP contribution < -0.4 is 10.2 Å². The normalized spacial score (nSPS) is 16.4. The summed E-state index contributed by atoms with van der Waals surface area (Å²) in [5.74, 6) is 1.81. The second-order valence-electron chi connectivity index (χ2n) is 4.63. The van der Waals surface area contributed by atoms with Crippen LogP contribution in [0.4, 0.5) is 11.6 Å². The fourth-order valence-corrected chi connectivity index (χ4v) is 2.64. The predicted molar refractivity (Wildman–Crippen MR) is 81.6 cm³/mol. The highest BCUT2D eigenvalue weighted by atomic mass is 32.2. The number of anilines is 2. The monoisotopic (exact) mass is 298 g/mol. The summed E-state index contributed by atoms with van der Waals surface area (Å²) in [4.78, 5) is 11.2. The highest BCUT2D eigenvalue weighted by Gasteiger charge is 2.21. The van der Waals surface area contributed by atoms with Crippen LogP contribution >= 0.6 is 11.8 Å². The van der Waals surface area contributed by atoms with E-state index in [2.05, 4.69) is 20.2 Å². The fourth-order valence-electron chi connectivity index (χ4n) is 2.27. The number of nitrogens with one attached hydrogen (secondary N) is 1. The highest BCUT2D eigenvalue weighted by Crippen LogP contribution is 2.24. The molecular formula is C13H22N4O2S. The van der Waals surface area contributed by atoms with E-state index in [1.807, 2.05) is 19.4 Å². The lowest BCUT2D eigenvalue weighted by Crippen LogP contribution is -2.38. The zero-order chi connectivity index (χ0) is 14.4. The molecule has 1 aromatic rings. The van der Waals surface area contributed by atoms with Crippen molar-refractivity contribution in [1.29, 1.82) is 0 Å². The first-order chi connectivity index (χ1) is 9.76. The Hall–Kier alpha value is -1.05. The Kier molecular flexibility index (Phi) is 5.87. The number of aliphatic hydroxyl groups excluding tert-OH is 1. The molecule has 0 radical (unpaired) electrons. The van der Waals surface area contributed by atoms with Gasteiger partial charge in [0.2, 0.25) is 0 Å². The van der Waals surface area contributed by atoms with Gasteiger partial charge >= 0.3 is 0 Å². The van der Waals surface area contributed by atoms with Crippen molar-refractivity contribution in [2.45, 2.75) is 24.1 Å². The van der Waals surface area contributed by atoms with Crippen molar-refractivity contribution < 1.29 is 9.84 Å². The third kappa shape index (κ3) is 3.97. The topological polar surface area (TPSA) is 70.5 Å². The molecule has 0 atom stereocenters. The van der Waals surface area contributed by atoms with Crippen molar-refractivity contribution in [3.63, 3.8) is 0 Å². The first-order valence-electron chi connectivity index (χ1n) is 6.85. The lowest BCUT2D eigenvalue weighted by Gasteiger charge is -2.32. The second-order valence-corrected chi connectivity index (χ2v) is 5.40. The molecule has 0 bridgehead atoms. The van der Waals surface area contributed by atoms with Crippen molar-refractivity contribution >= 4 is 23.4 Å². The summed E-state index contributed by atoms with van der Waals surface area (Å²) in [5.41, 5.74) is 0. The number of aliphatic hydroxyl groups is 1. The van der Waals surface area contributed by atoms with E-state index in [9.17, 15) is 0 Å². The second kappa shape index (κ2) is 7.66. The van der Waals surface area contributed by atoms with E-state index in [0.717, 1.165) is 42.7 Å². The van der Waals surface area contributed by atoms with E-state index in [-0.39, 0.29) is 12.7 Å². The molecule has 2 rings (SSSR count). The predicted octanol–water partition coefficient (Wildman–Crippen LogP) is 1.22. The molecule has 112 valence electrons. The van der Waals surface area contributed by atoms with E-state index < -0.39 is 0 Å². The van der Waals surface area contributed by atoms with Gasteiger partial charge in [-0.15, -0.1) is 0 Å². The van der Waals surface area contributed by atoms with Gasteiger partial charge in [0.15, 0.2) is 5.16 Å². The van der Waals surface area contributed by atoms with Gasteiger partial charge in [-0.25, -0.2) is 9.97 Å². The van der Waals surface area contributed by atoms with Crippen LogP contribution in [0.25, 0.3) is 0 Å². The largest absolute Gasteiger partial charge is 0.394 e. The molecule has 0 spiro atoms. The number of thioether (sulfide) groups is 1. The molecule has 0 amide bonds. The minimum atomic E-state index is 0.0920. The van der Waals surface area contributed by atoms with Crippen LogP contribution in [0.2, 0.25) is 0 Å².